The number of nitrogens with one attached hydrogen (secondary N) is 1. The number of thioether (sulfide) groups is 1. The highest BCUT2D eigenvalue weighted by Gasteiger charge is 2.31. The van der Waals surface area contributed by atoms with E-state index >= 15 is 0 Å². The first kappa shape index (κ1) is 20.4. The van der Waals surface area contributed by atoms with Gasteiger partial charge in [-0.25, -0.2) is 0 Å². The Hall–Kier alpha value is -2.35. The normalized spacial score (nSPS) is 15.3. The fraction of sp³-hybridized carbons (Fsp3) is 0.150. The monoisotopic (exact) mass is 432 g/mol. The second-order valence-corrected chi connectivity index (χ2v) is 8.14. The Bertz CT molecular complexity index is 945. The van der Waals surface area contributed by atoms with Crippen molar-refractivity contribution in [3.63, 3.8) is 0 Å². The van der Waals surface area contributed by atoms with Crippen molar-refractivity contribution in [1.29, 1.82) is 0 Å². The van der Waals surface area contributed by atoms with Gasteiger partial charge in [-0.3, -0.25) is 14.5 Å². The minimum atomic E-state index is -0.172. The van der Waals surface area contributed by atoms with E-state index < -0.39 is 0 Å². The lowest BCUT2D eigenvalue weighted by molar-refractivity contribution is -0.122. The van der Waals surface area contributed by atoms with Crippen LogP contribution in [0, 0.1) is 0 Å². The first-order valence-electron chi connectivity index (χ1n) is 8.53. The van der Waals surface area contributed by atoms with E-state index in [0.29, 0.717) is 32.9 Å². The zero-order chi connectivity index (χ0) is 20.1. The smallest absolute Gasteiger partial charge is 0.266 e. The van der Waals surface area contributed by atoms with Crippen molar-refractivity contribution >= 4 is 63.5 Å². The van der Waals surface area contributed by atoms with Gasteiger partial charge in [0.15, 0.2) is 0 Å². The zero-order valence-corrected chi connectivity index (χ0v) is 17.1. The first-order valence-corrected chi connectivity index (χ1v) is 10.1. The lowest BCUT2D eigenvalue weighted by Gasteiger charge is -2.14. The molecule has 0 bridgehead atoms. The maximum absolute atomic E-state index is 12.6. The Balaban J connectivity index is 1.54. The molecule has 2 amide bonds. The molecule has 1 fully saturated rings. The zero-order valence-electron chi connectivity index (χ0n) is 14.7. The third-order valence-corrected chi connectivity index (χ3v) is 5.72. The molecule has 1 aliphatic heterocycles. The number of rotatable bonds is 6. The maximum atomic E-state index is 12.6. The molecule has 0 aromatic heterocycles. The summed E-state index contributed by atoms with van der Waals surface area (Å²) in [6.45, 7) is 0.369. The molecule has 0 unspecified atom stereocenters. The summed E-state index contributed by atoms with van der Waals surface area (Å²) in [5, 5.41) is 12.6. The molecular weight excluding hydrogens is 416 g/mol. The Morgan fingerprint density at radius 2 is 1.93 bits per heavy atom. The molecule has 0 saturated carbocycles. The fourth-order valence-electron chi connectivity index (χ4n) is 2.59. The number of hydrogen-bond acceptors (Lipinski definition) is 5. The molecule has 144 valence electrons. The van der Waals surface area contributed by atoms with Gasteiger partial charge < -0.3 is 10.4 Å². The molecule has 0 atom stereocenters. The summed E-state index contributed by atoms with van der Waals surface area (Å²) in [7, 11) is 0. The van der Waals surface area contributed by atoms with E-state index in [9.17, 15) is 14.7 Å². The van der Waals surface area contributed by atoms with Gasteiger partial charge in [-0.1, -0.05) is 53.8 Å². The minimum absolute atomic E-state index is 0.136. The van der Waals surface area contributed by atoms with Crippen molar-refractivity contribution in [2.75, 3.05) is 11.9 Å². The van der Waals surface area contributed by atoms with Crippen LogP contribution in [0.25, 0.3) is 6.08 Å². The van der Waals surface area contributed by atoms with Crippen LogP contribution in [-0.2, 0) is 9.59 Å². The van der Waals surface area contributed by atoms with Crippen LogP contribution in [0.1, 0.15) is 18.4 Å². The van der Waals surface area contributed by atoms with Crippen molar-refractivity contribution in [2.24, 2.45) is 0 Å². The number of carbonyl (C=O) groups excluding carboxylic acids is 2. The number of benzene rings is 2. The first-order chi connectivity index (χ1) is 13.4. The largest absolute Gasteiger partial charge is 0.508 e. The molecule has 1 saturated heterocycles. The SMILES string of the molecule is O=C(CCCN1C(=O)/C(=C/c2ccccc2Cl)SC1=S)Nc1ccc(O)cc1. The number of anilines is 1. The van der Waals surface area contributed by atoms with Gasteiger partial charge in [0.2, 0.25) is 5.91 Å². The van der Waals surface area contributed by atoms with Gasteiger partial charge in [-0.2, -0.15) is 0 Å². The minimum Gasteiger partial charge on any atom is -0.508 e. The van der Waals surface area contributed by atoms with Crippen molar-refractivity contribution in [3.05, 3.63) is 64.0 Å². The van der Waals surface area contributed by atoms with Gasteiger partial charge in [0.25, 0.3) is 5.91 Å². The van der Waals surface area contributed by atoms with Gasteiger partial charge >= 0.3 is 0 Å². The number of hydrogen-bond donors (Lipinski definition) is 2. The highest BCUT2D eigenvalue weighted by molar-refractivity contribution is 8.26. The van der Waals surface area contributed by atoms with E-state index in [1.54, 1.807) is 24.3 Å². The number of thiocarbonyl (C=S) groups is 1. The average Bonchev–Trinajstić information content (AvgIpc) is 2.93. The second-order valence-electron chi connectivity index (χ2n) is 6.05. The van der Waals surface area contributed by atoms with Crippen LogP contribution in [0.2, 0.25) is 5.02 Å². The molecule has 1 heterocycles. The number of aromatic hydroxyl groups is 1. The topological polar surface area (TPSA) is 69.6 Å². The van der Waals surface area contributed by atoms with Crippen LogP contribution in [0.5, 0.6) is 5.75 Å². The Morgan fingerprint density at radius 1 is 1.21 bits per heavy atom. The lowest BCUT2D eigenvalue weighted by atomic mass is 10.2. The molecule has 2 N–H and O–H groups in total. The number of nitrogens with zero attached hydrogens (tertiary/aromatic N) is 1. The number of halogens is 1. The summed E-state index contributed by atoms with van der Waals surface area (Å²) in [6, 6.07) is 13.5. The Labute approximate surface area is 177 Å². The molecule has 8 heteroatoms. The predicted octanol–water partition coefficient (Wildman–Crippen LogP) is 4.67. The summed E-state index contributed by atoms with van der Waals surface area (Å²) < 4.78 is 0.474. The van der Waals surface area contributed by atoms with Crippen LogP contribution in [0.4, 0.5) is 5.69 Å². The highest BCUT2D eigenvalue weighted by Crippen LogP contribution is 2.33. The predicted molar refractivity (Wildman–Crippen MR) is 117 cm³/mol. The molecule has 2 aromatic carbocycles. The van der Waals surface area contributed by atoms with E-state index in [-0.39, 0.29) is 24.0 Å². The van der Waals surface area contributed by atoms with Gasteiger partial charge in [-0.05, 0) is 48.4 Å². The van der Waals surface area contributed by atoms with Gasteiger partial charge in [0.1, 0.15) is 10.1 Å². The van der Waals surface area contributed by atoms with Crippen LogP contribution in [0.15, 0.2) is 53.4 Å². The van der Waals surface area contributed by atoms with Crippen LogP contribution in [-0.4, -0.2) is 32.7 Å². The molecule has 5 nitrogen and oxygen atoms in total. The summed E-state index contributed by atoms with van der Waals surface area (Å²) in [6.07, 6.45) is 2.47. The van der Waals surface area contributed by atoms with Gasteiger partial charge in [-0.15, -0.1) is 0 Å². The Kier molecular flexibility index (Phi) is 6.72. The number of phenolic OH excluding ortho intramolecular Hbond substituents is 1. The van der Waals surface area contributed by atoms with Crippen LogP contribution >= 0.6 is 35.6 Å². The molecule has 28 heavy (non-hydrogen) atoms. The second kappa shape index (κ2) is 9.23. The summed E-state index contributed by atoms with van der Waals surface area (Å²) >= 11 is 12.7. The maximum Gasteiger partial charge on any atom is 0.266 e. The van der Waals surface area contributed by atoms with Crippen LogP contribution < -0.4 is 5.32 Å². The van der Waals surface area contributed by atoms with Gasteiger partial charge in [0, 0.05) is 23.7 Å². The molecule has 0 aliphatic carbocycles. The van der Waals surface area contributed by atoms with Crippen molar-refractivity contribution in [2.45, 2.75) is 12.8 Å². The molecule has 2 aromatic rings. The Morgan fingerprint density at radius 3 is 2.64 bits per heavy atom. The highest BCUT2D eigenvalue weighted by atomic mass is 35.5. The molecular formula is C20H17ClN2O3S2. The van der Waals surface area contributed by atoms with E-state index in [1.165, 1.54) is 28.8 Å². The van der Waals surface area contributed by atoms with Crippen LogP contribution in [0.3, 0.4) is 0 Å². The number of amides is 2. The van der Waals surface area contributed by atoms with Crippen molar-refractivity contribution in [1.82, 2.24) is 4.90 Å². The third-order valence-electron chi connectivity index (χ3n) is 4.00. The van der Waals surface area contributed by atoms with E-state index in [2.05, 4.69) is 5.32 Å². The standard InChI is InChI=1S/C20H17ClN2O3S2/c21-16-5-2-1-4-13(16)12-17-19(26)23(20(27)28-17)11-3-6-18(25)22-14-7-9-15(24)10-8-14/h1-2,4-5,7-10,12,24H,3,6,11H2,(H,22,25)/b17-12-. The summed E-state index contributed by atoms with van der Waals surface area (Å²) in [4.78, 5) is 26.7. The average molecular weight is 433 g/mol. The molecule has 0 radical (unpaired) electrons. The third kappa shape index (κ3) is 5.13. The fourth-order valence-corrected chi connectivity index (χ4v) is 4.08. The quantitative estimate of drug-likeness (QED) is 0.394. The van der Waals surface area contributed by atoms with E-state index in [1.807, 2.05) is 18.2 Å². The molecule has 3 rings (SSSR count). The van der Waals surface area contributed by atoms with E-state index in [4.69, 9.17) is 23.8 Å². The summed E-state index contributed by atoms with van der Waals surface area (Å²) in [5.74, 6) is -0.200. The molecule has 0 spiro atoms. The van der Waals surface area contributed by atoms with E-state index in [0.717, 1.165) is 5.56 Å². The lowest BCUT2D eigenvalue weighted by Crippen LogP contribution is -2.29. The van der Waals surface area contributed by atoms with Crippen molar-refractivity contribution in [3.8, 4) is 5.75 Å². The van der Waals surface area contributed by atoms with Gasteiger partial charge in [0.05, 0.1) is 4.91 Å². The number of carbonyl (C=O) groups is 2. The molecule has 1 aliphatic rings. The summed E-state index contributed by atoms with van der Waals surface area (Å²) in [5.41, 5.74) is 1.37. The number of phenols is 1. The van der Waals surface area contributed by atoms with Crippen molar-refractivity contribution < 1.29 is 14.7 Å².